The Bertz CT molecular complexity index is 1510. The second-order valence-corrected chi connectivity index (χ2v) is 10.9. The van der Waals surface area contributed by atoms with E-state index in [2.05, 4.69) is 0 Å². The molecular weight excluding hydrogens is 446 g/mol. The summed E-state index contributed by atoms with van der Waals surface area (Å²) in [5, 5.41) is 0.880. The summed E-state index contributed by atoms with van der Waals surface area (Å²) in [4.78, 5) is 13.9. The second-order valence-electron chi connectivity index (χ2n) is 9.10. The zero-order valence-electron chi connectivity index (χ0n) is 19.6. The Morgan fingerprint density at radius 3 is 2.32 bits per heavy atom. The summed E-state index contributed by atoms with van der Waals surface area (Å²) < 4.78 is 35.0. The summed E-state index contributed by atoms with van der Waals surface area (Å²) >= 11 is 0. The molecule has 174 valence electrons. The maximum atomic E-state index is 14.0. The van der Waals surface area contributed by atoms with Crippen LogP contribution < -0.4 is 4.31 Å². The number of nitrogens with zero attached hydrogens (tertiary/aromatic N) is 1. The lowest BCUT2D eigenvalue weighted by Gasteiger charge is -2.24. The monoisotopic (exact) mass is 473 g/mol. The van der Waals surface area contributed by atoms with Crippen molar-refractivity contribution in [1.82, 2.24) is 0 Å². The van der Waals surface area contributed by atoms with E-state index in [-0.39, 0.29) is 4.90 Å². The van der Waals surface area contributed by atoms with Crippen molar-refractivity contribution >= 4 is 32.6 Å². The molecule has 1 aliphatic rings. The largest absolute Gasteiger partial charge is 0.461 e. The van der Waals surface area contributed by atoms with E-state index in [1.54, 1.807) is 49.4 Å². The van der Waals surface area contributed by atoms with Crippen LogP contribution in [0, 0.1) is 20.8 Å². The summed E-state index contributed by atoms with van der Waals surface area (Å²) in [6.45, 7) is 5.51. The molecule has 0 fully saturated rings. The molecule has 5 nitrogen and oxygen atoms in total. The molecule has 1 aliphatic carbocycles. The lowest BCUT2D eigenvalue weighted by atomic mass is 9.96. The van der Waals surface area contributed by atoms with E-state index in [9.17, 15) is 13.2 Å². The summed E-state index contributed by atoms with van der Waals surface area (Å²) in [6.07, 6.45) is 3.92. The van der Waals surface area contributed by atoms with Crippen LogP contribution in [0.1, 0.15) is 51.2 Å². The number of benzene rings is 3. The molecule has 0 unspecified atom stereocenters. The Kier molecular flexibility index (Phi) is 5.56. The van der Waals surface area contributed by atoms with E-state index in [1.165, 1.54) is 0 Å². The SMILES string of the molecule is Cc1ccc(C(=O)N(c2ccc3oc4c(c3c2)CCCC4)S(=O)(=O)c2cc(C)ccc2C)cc1. The van der Waals surface area contributed by atoms with Gasteiger partial charge in [0.1, 0.15) is 11.3 Å². The number of carbonyl (C=O) groups is 1. The van der Waals surface area contributed by atoms with Gasteiger partial charge in [-0.05, 0) is 87.6 Å². The van der Waals surface area contributed by atoms with Crippen LogP contribution in [0.15, 0.2) is 70.0 Å². The minimum Gasteiger partial charge on any atom is -0.461 e. The van der Waals surface area contributed by atoms with Gasteiger partial charge in [0.2, 0.25) is 0 Å². The molecule has 0 atom stereocenters. The standard InChI is InChI=1S/C28H27NO4S/c1-18-9-12-21(13-10-18)28(30)29(34(31,32)27-16-19(2)8-11-20(27)3)22-14-15-26-24(17-22)23-6-4-5-7-25(23)33-26/h8-17H,4-7H2,1-3H3. The number of hydrogen-bond acceptors (Lipinski definition) is 4. The quantitative estimate of drug-likeness (QED) is 0.350. The number of carbonyl (C=O) groups excluding carboxylic acids is 1. The first-order valence-corrected chi connectivity index (χ1v) is 13.0. The van der Waals surface area contributed by atoms with Crippen LogP contribution >= 0.6 is 0 Å². The van der Waals surface area contributed by atoms with Crippen molar-refractivity contribution in [2.45, 2.75) is 51.3 Å². The lowest BCUT2D eigenvalue weighted by Crippen LogP contribution is -2.37. The molecule has 0 saturated heterocycles. The number of anilines is 1. The van der Waals surface area contributed by atoms with Crippen LogP contribution in [0.5, 0.6) is 0 Å². The van der Waals surface area contributed by atoms with Gasteiger partial charge in [-0.3, -0.25) is 4.79 Å². The fourth-order valence-corrected chi connectivity index (χ4v) is 6.36. The Morgan fingerprint density at radius 1 is 0.853 bits per heavy atom. The topological polar surface area (TPSA) is 67.6 Å². The Morgan fingerprint density at radius 2 is 1.56 bits per heavy atom. The van der Waals surface area contributed by atoms with Crippen molar-refractivity contribution < 1.29 is 17.6 Å². The van der Waals surface area contributed by atoms with Gasteiger partial charge >= 0.3 is 0 Å². The summed E-state index contributed by atoms with van der Waals surface area (Å²) in [7, 11) is -4.18. The van der Waals surface area contributed by atoms with Gasteiger partial charge in [-0.15, -0.1) is 0 Å². The Labute approximate surface area is 200 Å². The van der Waals surface area contributed by atoms with E-state index in [0.717, 1.165) is 63.4 Å². The van der Waals surface area contributed by atoms with Crippen LogP contribution in [0.3, 0.4) is 0 Å². The Balaban J connectivity index is 1.72. The Hall–Kier alpha value is -3.38. The van der Waals surface area contributed by atoms with Crippen molar-refractivity contribution in [2.24, 2.45) is 0 Å². The van der Waals surface area contributed by atoms with E-state index in [1.807, 2.05) is 32.0 Å². The maximum absolute atomic E-state index is 14.0. The van der Waals surface area contributed by atoms with E-state index >= 15 is 0 Å². The van der Waals surface area contributed by atoms with Crippen molar-refractivity contribution in [3.63, 3.8) is 0 Å². The molecule has 0 aliphatic heterocycles. The first-order chi connectivity index (χ1) is 16.3. The molecule has 1 amide bonds. The highest BCUT2D eigenvalue weighted by atomic mass is 32.2. The molecule has 0 radical (unpaired) electrons. The third-order valence-corrected chi connectivity index (χ3v) is 8.37. The van der Waals surface area contributed by atoms with Gasteiger partial charge in [-0.25, -0.2) is 8.42 Å². The van der Waals surface area contributed by atoms with Gasteiger partial charge in [0.05, 0.1) is 10.6 Å². The zero-order chi connectivity index (χ0) is 24.0. The number of fused-ring (bicyclic) bond motifs is 3. The first kappa shape index (κ1) is 22.4. The maximum Gasteiger partial charge on any atom is 0.272 e. The van der Waals surface area contributed by atoms with Gasteiger partial charge < -0.3 is 4.42 Å². The summed E-state index contributed by atoms with van der Waals surface area (Å²) in [6, 6.07) is 17.4. The van der Waals surface area contributed by atoms with E-state index in [4.69, 9.17) is 4.42 Å². The molecule has 0 bridgehead atoms. The third kappa shape index (κ3) is 3.82. The summed E-state index contributed by atoms with van der Waals surface area (Å²) in [5.74, 6) is 0.379. The fraction of sp³-hybridized carbons (Fsp3) is 0.250. The normalized spacial score (nSPS) is 13.6. The van der Waals surface area contributed by atoms with E-state index < -0.39 is 15.9 Å². The molecule has 5 rings (SSSR count). The van der Waals surface area contributed by atoms with E-state index in [0.29, 0.717) is 16.8 Å². The molecule has 34 heavy (non-hydrogen) atoms. The predicted molar refractivity (Wildman–Crippen MR) is 134 cm³/mol. The predicted octanol–water partition coefficient (Wildman–Crippen LogP) is 6.27. The van der Waals surface area contributed by atoms with Crippen LogP contribution in [0.2, 0.25) is 0 Å². The highest BCUT2D eigenvalue weighted by Crippen LogP contribution is 2.36. The molecule has 0 N–H and O–H groups in total. The number of furan rings is 1. The van der Waals surface area contributed by atoms with Crippen molar-refractivity contribution in [3.05, 3.63) is 94.2 Å². The molecule has 4 aromatic rings. The van der Waals surface area contributed by atoms with Crippen molar-refractivity contribution in [3.8, 4) is 0 Å². The van der Waals surface area contributed by atoms with Crippen molar-refractivity contribution in [2.75, 3.05) is 4.31 Å². The van der Waals surface area contributed by atoms with Gasteiger partial charge in [-0.2, -0.15) is 4.31 Å². The van der Waals surface area contributed by atoms with Gasteiger partial charge in [0.25, 0.3) is 15.9 Å². The summed E-state index contributed by atoms with van der Waals surface area (Å²) in [5.41, 5.74) is 4.87. The van der Waals surface area contributed by atoms with Crippen LogP contribution in [-0.2, 0) is 22.9 Å². The average Bonchev–Trinajstić information content (AvgIpc) is 3.19. The molecule has 1 aromatic heterocycles. The van der Waals surface area contributed by atoms with Crippen molar-refractivity contribution in [1.29, 1.82) is 0 Å². The number of rotatable bonds is 4. The smallest absolute Gasteiger partial charge is 0.272 e. The highest BCUT2D eigenvalue weighted by molar-refractivity contribution is 7.93. The fourth-order valence-electron chi connectivity index (χ4n) is 4.64. The minimum absolute atomic E-state index is 0.127. The lowest BCUT2D eigenvalue weighted by molar-refractivity contribution is 0.101. The second kappa shape index (κ2) is 8.44. The molecule has 1 heterocycles. The zero-order valence-corrected chi connectivity index (χ0v) is 20.4. The molecule has 0 saturated carbocycles. The number of hydrogen-bond donors (Lipinski definition) is 0. The van der Waals surface area contributed by atoms with Gasteiger partial charge in [0, 0.05) is 22.9 Å². The van der Waals surface area contributed by atoms with Gasteiger partial charge in [-0.1, -0.05) is 29.8 Å². The van der Waals surface area contributed by atoms with Crippen LogP contribution in [0.25, 0.3) is 11.0 Å². The van der Waals surface area contributed by atoms with Crippen LogP contribution in [-0.4, -0.2) is 14.3 Å². The average molecular weight is 474 g/mol. The molecular formula is C28H27NO4S. The molecule has 3 aromatic carbocycles. The van der Waals surface area contributed by atoms with Crippen LogP contribution in [0.4, 0.5) is 5.69 Å². The first-order valence-electron chi connectivity index (χ1n) is 11.5. The number of aryl methyl sites for hydroxylation is 5. The number of sulfonamides is 1. The molecule has 6 heteroatoms. The highest BCUT2D eigenvalue weighted by Gasteiger charge is 2.34. The van der Waals surface area contributed by atoms with Gasteiger partial charge in [0.15, 0.2) is 0 Å². The number of amides is 1. The third-order valence-electron chi connectivity index (χ3n) is 6.52. The minimum atomic E-state index is -4.18. The molecule has 0 spiro atoms.